The molecule has 0 aromatic rings. The average Bonchev–Trinajstić information content (AvgIpc) is 2.39. The maximum absolute atomic E-state index is 5.58. The first-order chi connectivity index (χ1) is 4.91. The van der Waals surface area contributed by atoms with E-state index in [1.54, 1.807) is 0 Å². The maximum atomic E-state index is 5.58. The zero-order chi connectivity index (χ0) is 6.86. The van der Waals surface area contributed by atoms with Gasteiger partial charge in [0, 0.05) is 0 Å². The molecule has 2 saturated heterocycles. The van der Waals surface area contributed by atoms with Crippen molar-refractivity contribution in [1.29, 1.82) is 0 Å². The van der Waals surface area contributed by atoms with E-state index in [1.807, 2.05) is 0 Å². The molecular weight excluding hydrogens is 243 g/mol. The topological polar surface area (TPSA) is 18.5 Å². The molecule has 60 valence electrons. The summed E-state index contributed by atoms with van der Waals surface area (Å²) >= 11 is 0.511. The third kappa shape index (κ3) is 1.31. The third-order valence-corrected chi connectivity index (χ3v) is 4.64. The standard InChI is InChI=1S/C7H12IO2/c1-3-8-4-2-7(1)9-5-6-10-7/h1-6H2/q-1. The second kappa shape index (κ2) is 2.95. The monoisotopic (exact) mass is 255 g/mol. The minimum absolute atomic E-state index is 0.0992. The van der Waals surface area contributed by atoms with Crippen molar-refractivity contribution in [2.24, 2.45) is 0 Å². The molecule has 0 aromatic carbocycles. The van der Waals surface area contributed by atoms with Crippen molar-refractivity contribution in [3.63, 3.8) is 0 Å². The number of halogens is 1. The van der Waals surface area contributed by atoms with Gasteiger partial charge in [-0.25, -0.2) is 0 Å². The Bertz CT molecular complexity index is 113. The van der Waals surface area contributed by atoms with Crippen molar-refractivity contribution in [3.05, 3.63) is 0 Å². The van der Waals surface area contributed by atoms with Gasteiger partial charge in [0.1, 0.15) is 0 Å². The summed E-state index contributed by atoms with van der Waals surface area (Å²) in [5.41, 5.74) is 0. The van der Waals surface area contributed by atoms with Gasteiger partial charge in [-0.3, -0.25) is 0 Å². The van der Waals surface area contributed by atoms with Gasteiger partial charge >= 0.3 is 71.4 Å². The molecule has 2 nitrogen and oxygen atoms in total. The molecule has 2 rings (SSSR count). The second-order valence-electron chi connectivity index (χ2n) is 2.67. The molecule has 0 amide bonds. The van der Waals surface area contributed by atoms with Crippen LogP contribution in [0.4, 0.5) is 0 Å². The van der Waals surface area contributed by atoms with Crippen molar-refractivity contribution in [2.75, 3.05) is 22.1 Å². The summed E-state index contributed by atoms with van der Waals surface area (Å²) in [5.74, 6) is -0.0992. The molecule has 0 atom stereocenters. The molecule has 10 heavy (non-hydrogen) atoms. The Labute approximate surface area is 71.5 Å². The molecule has 0 radical (unpaired) electrons. The van der Waals surface area contributed by atoms with Crippen molar-refractivity contribution in [2.45, 2.75) is 18.6 Å². The fourth-order valence-corrected chi connectivity index (χ4v) is 4.37. The van der Waals surface area contributed by atoms with E-state index in [0.29, 0.717) is 21.2 Å². The van der Waals surface area contributed by atoms with Crippen LogP contribution in [0.2, 0.25) is 0 Å². The summed E-state index contributed by atoms with van der Waals surface area (Å²) in [7, 11) is 0. The van der Waals surface area contributed by atoms with Crippen LogP contribution < -0.4 is 21.2 Å². The van der Waals surface area contributed by atoms with Gasteiger partial charge in [-0.1, -0.05) is 0 Å². The third-order valence-electron chi connectivity index (χ3n) is 2.03. The van der Waals surface area contributed by atoms with Gasteiger partial charge in [0.25, 0.3) is 0 Å². The van der Waals surface area contributed by atoms with Crippen LogP contribution >= 0.6 is 0 Å². The first kappa shape index (κ1) is 7.31. The molecule has 0 unspecified atom stereocenters. The Morgan fingerprint density at radius 3 is 2.20 bits per heavy atom. The SMILES string of the molecule is C1COC2(CC[I-]CC2)O1. The zero-order valence-electron chi connectivity index (χ0n) is 5.94. The summed E-state index contributed by atoms with van der Waals surface area (Å²) in [5, 5.41) is 0. The van der Waals surface area contributed by atoms with Crippen LogP contribution in [0.3, 0.4) is 0 Å². The van der Waals surface area contributed by atoms with Crippen LogP contribution in [0.15, 0.2) is 0 Å². The predicted octanol–water partition coefficient (Wildman–Crippen LogP) is -2.39. The van der Waals surface area contributed by atoms with Gasteiger partial charge in [0.05, 0.1) is 0 Å². The second-order valence-corrected chi connectivity index (χ2v) is 5.91. The molecule has 0 aliphatic carbocycles. The number of hydrogen-bond acceptors (Lipinski definition) is 2. The van der Waals surface area contributed by atoms with Crippen LogP contribution in [0.25, 0.3) is 0 Å². The molecule has 0 saturated carbocycles. The van der Waals surface area contributed by atoms with Gasteiger partial charge in [0.15, 0.2) is 0 Å². The van der Waals surface area contributed by atoms with Gasteiger partial charge < -0.3 is 0 Å². The number of rotatable bonds is 0. The molecular formula is C7H12IO2-. The molecule has 3 heteroatoms. The van der Waals surface area contributed by atoms with E-state index in [0.717, 1.165) is 13.2 Å². The molecule has 2 aliphatic rings. The van der Waals surface area contributed by atoms with Crippen LogP contribution in [-0.4, -0.2) is 27.9 Å². The van der Waals surface area contributed by atoms with Gasteiger partial charge in [-0.2, -0.15) is 0 Å². The fraction of sp³-hybridized carbons (Fsp3) is 1.00. The molecule has 0 N–H and O–H groups in total. The summed E-state index contributed by atoms with van der Waals surface area (Å²) in [6.45, 7) is 1.64. The molecule has 1 spiro atoms. The van der Waals surface area contributed by atoms with Crippen LogP contribution in [0.5, 0.6) is 0 Å². The quantitative estimate of drug-likeness (QED) is 0.355. The number of alkyl halides is 2. The summed E-state index contributed by atoms with van der Waals surface area (Å²) < 4.78 is 13.9. The van der Waals surface area contributed by atoms with Crippen LogP contribution in [-0.2, 0) is 9.47 Å². The predicted molar refractivity (Wildman–Crippen MR) is 33.6 cm³/mol. The van der Waals surface area contributed by atoms with Crippen molar-refractivity contribution >= 4 is 0 Å². The molecule has 0 aromatic heterocycles. The van der Waals surface area contributed by atoms with E-state index in [-0.39, 0.29) is 5.79 Å². The Morgan fingerprint density at radius 2 is 1.60 bits per heavy atom. The summed E-state index contributed by atoms with van der Waals surface area (Å²) in [6, 6.07) is 0. The first-order valence-corrected chi connectivity index (χ1v) is 6.78. The first-order valence-electron chi connectivity index (χ1n) is 3.73. The molecule has 0 bridgehead atoms. The normalized spacial score (nSPS) is 32.0. The van der Waals surface area contributed by atoms with Crippen LogP contribution in [0.1, 0.15) is 12.8 Å². The Balaban J connectivity index is 1.98. The van der Waals surface area contributed by atoms with Gasteiger partial charge in [0.2, 0.25) is 0 Å². The van der Waals surface area contributed by atoms with E-state index in [2.05, 4.69) is 0 Å². The molecule has 2 fully saturated rings. The van der Waals surface area contributed by atoms with E-state index < -0.39 is 0 Å². The van der Waals surface area contributed by atoms with Gasteiger partial charge in [-0.15, -0.1) is 0 Å². The Hall–Kier alpha value is 0.650. The minimum atomic E-state index is -0.0992. The van der Waals surface area contributed by atoms with E-state index in [1.165, 1.54) is 21.7 Å². The Kier molecular flexibility index (Phi) is 2.15. The van der Waals surface area contributed by atoms with E-state index >= 15 is 0 Å². The van der Waals surface area contributed by atoms with Gasteiger partial charge in [-0.05, 0) is 0 Å². The van der Waals surface area contributed by atoms with Crippen molar-refractivity contribution in [1.82, 2.24) is 0 Å². The van der Waals surface area contributed by atoms with E-state index in [4.69, 9.17) is 9.47 Å². The molecule has 2 heterocycles. The average molecular weight is 255 g/mol. The number of hydrogen-bond donors (Lipinski definition) is 0. The van der Waals surface area contributed by atoms with Crippen LogP contribution in [0, 0.1) is 0 Å². The molecule has 2 aliphatic heterocycles. The Morgan fingerprint density at radius 1 is 1.00 bits per heavy atom. The van der Waals surface area contributed by atoms with Crippen molar-refractivity contribution < 1.29 is 30.7 Å². The summed E-state index contributed by atoms with van der Waals surface area (Å²) in [4.78, 5) is 0. The van der Waals surface area contributed by atoms with E-state index in [9.17, 15) is 0 Å². The fourth-order valence-electron chi connectivity index (χ4n) is 1.43. The summed E-state index contributed by atoms with van der Waals surface area (Å²) in [6.07, 6.45) is 2.33. The van der Waals surface area contributed by atoms with Crippen molar-refractivity contribution in [3.8, 4) is 0 Å². The number of ether oxygens (including phenoxy) is 2. The zero-order valence-corrected chi connectivity index (χ0v) is 8.09.